The van der Waals surface area contributed by atoms with Crippen LogP contribution in [0.15, 0.2) is 30.5 Å². The number of carbonyl (C=O) groups is 1. The molecule has 18 heavy (non-hydrogen) atoms. The Kier molecular flexibility index (Phi) is 3.06. The number of carbonyl (C=O) groups excluding carboxylic acids is 1. The second kappa shape index (κ2) is 4.52. The van der Waals surface area contributed by atoms with Crippen LogP contribution in [0.3, 0.4) is 0 Å². The highest BCUT2D eigenvalue weighted by molar-refractivity contribution is 5.91. The van der Waals surface area contributed by atoms with Crippen molar-refractivity contribution in [3.05, 3.63) is 41.7 Å². The summed E-state index contributed by atoms with van der Waals surface area (Å²) in [6, 6.07) is 7.37. The van der Waals surface area contributed by atoms with E-state index in [-0.39, 0.29) is 5.91 Å². The number of benzene rings is 1. The molecule has 0 aliphatic rings. The van der Waals surface area contributed by atoms with Crippen molar-refractivity contribution in [1.82, 2.24) is 14.7 Å². The molecule has 5 heteroatoms. The number of nitrogen functional groups attached to an aromatic ring is 1. The molecule has 0 atom stereocenters. The van der Waals surface area contributed by atoms with Gasteiger partial charge >= 0.3 is 0 Å². The third kappa shape index (κ3) is 2.34. The molecule has 2 rings (SSSR count). The summed E-state index contributed by atoms with van der Waals surface area (Å²) in [4.78, 5) is 13.2. The molecule has 1 aromatic carbocycles. The van der Waals surface area contributed by atoms with Crippen LogP contribution in [0.25, 0.3) is 5.69 Å². The maximum absolute atomic E-state index is 11.7. The quantitative estimate of drug-likeness (QED) is 0.813. The van der Waals surface area contributed by atoms with E-state index in [1.807, 2.05) is 25.1 Å². The summed E-state index contributed by atoms with van der Waals surface area (Å²) in [7, 11) is 3.40. The van der Waals surface area contributed by atoms with Gasteiger partial charge in [-0.1, -0.05) is 0 Å². The van der Waals surface area contributed by atoms with Crippen molar-refractivity contribution < 1.29 is 4.79 Å². The van der Waals surface area contributed by atoms with Gasteiger partial charge in [-0.2, -0.15) is 5.10 Å². The van der Waals surface area contributed by atoms with Crippen LogP contribution in [0.5, 0.6) is 0 Å². The molecule has 2 aromatic rings. The molecule has 2 N–H and O–H groups in total. The lowest BCUT2D eigenvalue weighted by atomic mass is 10.2. The van der Waals surface area contributed by atoms with E-state index in [0.29, 0.717) is 11.4 Å². The fraction of sp³-hybridized carbons (Fsp3) is 0.231. The van der Waals surface area contributed by atoms with E-state index in [1.54, 1.807) is 31.0 Å². The minimum atomic E-state index is -0.116. The number of anilines is 1. The molecule has 0 unspecified atom stereocenters. The highest BCUT2D eigenvalue weighted by atomic mass is 16.2. The van der Waals surface area contributed by atoms with E-state index in [2.05, 4.69) is 5.10 Å². The number of hydrogen-bond acceptors (Lipinski definition) is 3. The Morgan fingerprint density at radius 3 is 2.67 bits per heavy atom. The minimum absolute atomic E-state index is 0.116. The molecule has 94 valence electrons. The first-order valence-electron chi connectivity index (χ1n) is 5.62. The minimum Gasteiger partial charge on any atom is -0.399 e. The van der Waals surface area contributed by atoms with E-state index in [4.69, 9.17) is 5.73 Å². The fourth-order valence-electron chi connectivity index (χ4n) is 1.74. The maximum atomic E-state index is 11.7. The predicted octanol–water partition coefficient (Wildman–Crippen LogP) is 1.46. The van der Waals surface area contributed by atoms with Crippen LogP contribution < -0.4 is 5.73 Å². The molecule has 1 heterocycles. The number of rotatable bonds is 2. The largest absolute Gasteiger partial charge is 0.399 e. The van der Waals surface area contributed by atoms with Gasteiger partial charge in [0.15, 0.2) is 5.69 Å². The van der Waals surface area contributed by atoms with Crippen molar-refractivity contribution in [3.8, 4) is 5.69 Å². The van der Waals surface area contributed by atoms with Crippen molar-refractivity contribution in [1.29, 1.82) is 0 Å². The Morgan fingerprint density at radius 2 is 2.06 bits per heavy atom. The molecule has 0 bridgehead atoms. The van der Waals surface area contributed by atoms with Crippen LogP contribution in [0, 0.1) is 6.92 Å². The second-order valence-corrected chi connectivity index (χ2v) is 4.45. The molecule has 1 aromatic heterocycles. The molecular formula is C13H16N4O. The van der Waals surface area contributed by atoms with Gasteiger partial charge in [0, 0.05) is 26.0 Å². The Hall–Kier alpha value is -2.30. The summed E-state index contributed by atoms with van der Waals surface area (Å²) in [5.41, 5.74) is 8.80. The molecule has 0 fully saturated rings. The van der Waals surface area contributed by atoms with Gasteiger partial charge in [-0.25, -0.2) is 4.68 Å². The van der Waals surface area contributed by atoms with E-state index in [1.165, 1.54) is 4.90 Å². The van der Waals surface area contributed by atoms with Gasteiger partial charge < -0.3 is 10.6 Å². The van der Waals surface area contributed by atoms with Crippen LogP contribution in [0.2, 0.25) is 0 Å². The highest BCUT2D eigenvalue weighted by Gasteiger charge is 2.12. The molecule has 5 nitrogen and oxygen atoms in total. The van der Waals surface area contributed by atoms with Crippen molar-refractivity contribution in [2.24, 2.45) is 0 Å². The van der Waals surface area contributed by atoms with E-state index in [9.17, 15) is 4.79 Å². The Labute approximate surface area is 106 Å². The second-order valence-electron chi connectivity index (χ2n) is 4.45. The number of nitrogens with two attached hydrogens (primary N) is 1. The third-order valence-electron chi connectivity index (χ3n) is 2.56. The van der Waals surface area contributed by atoms with Crippen LogP contribution >= 0.6 is 0 Å². The predicted molar refractivity (Wildman–Crippen MR) is 70.7 cm³/mol. The van der Waals surface area contributed by atoms with Gasteiger partial charge in [-0.3, -0.25) is 4.79 Å². The molecule has 1 amide bonds. The SMILES string of the molecule is Cc1cc(N)cc(-n2ccc(C(=O)N(C)C)n2)c1. The fourth-order valence-corrected chi connectivity index (χ4v) is 1.74. The van der Waals surface area contributed by atoms with Gasteiger partial charge in [-0.05, 0) is 36.8 Å². The normalized spacial score (nSPS) is 10.4. The Bertz CT molecular complexity index is 566. The zero-order chi connectivity index (χ0) is 13.3. The summed E-state index contributed by atoms with van der Waals surface area (Å²) >= 11 is 0. The molecule has 0 spiro atoms. The first-order valence-corrected chi connectivity index (χ1v) is 5.62. The first-order chi connectivity index (χ1) is 8.47. The lowest BCUT2D eigenvalue weighted by Gasteiger charge is -2.07. The van der Waals surface area contributed by atoms with Crippen LogP contribution in [0.1, 0.15) is 16.1 Å². The zero-order valence-electron chi connectivity index (χ0n) is 10.7. The van der Waals surface area contributed by atoms with E-state index >= 15 is 0 Å². The third-order valence-corrected chi connectivity index (χ3v) is 2.56. The van der Waals surface area contributed by atoms with Gasteiger partial charge in [0.1, 0.15) is 0 Å². The number of hydrogen-bond donors (Lipinski definition) is 1. The van der Waals surface area contributed by atoms with Crippen molar-refractivity contribution in [2.45, 2.75) is 6.92 Å². The van der Waals surface area contributed by atoms with E-state index in [0.717, 1.165) is 11.3 Å². The topological polar surface area (TPSA) is 64.2 Å². The summed E-state index contributed by atoms with van der Waals surface area (Å²) in [6.45, 7) is 1.97. The van der Waals surface area contributed by atoms with Crippen LogP contribution in [-0.2, 0) is 0 Å². The number of aromatic nitrogens is 2. The summed E-state index contributed by atoms with van der Waals surface area (Å²) in [5.74, 6) is -0.116. The zero-order valence-corrected chi connectivity index (χ0v) is 10.7. The van der Waals surface area contributed by atoms with Crippen molar-refractivity contribution in [2.75, 3.05) is 19.8 Å². The maximum Gasteiger partial charge on any atom is 0.273 e. The number of aryl methyl sites for hydroxylation is 1. The average molecular weight is 244 g/mol. The lowest BCUT2D eigenvalue weighted by molar-refractivity contribution is 0.0821. The average Bonchev–Trinajstić information content (AvgIpc) is 2.75. The Balaban J connectivity index is 2.38. The standard InChI is InChI=1S/C13H16N4O/c1-9-6-10(14)8-11(7-9)17-5-4-12(15-17)13(18)16(2)3/h4-8H,14H2,1-3H3. The first kappa shape index (κ1) is 12.2. The van der Waals surface area contributed by atoms with E-state index < -0.39 is 0 Å². The molecule has 0 saturated carbocycles. The monoisotopic (exact) mass is 244 g/mol. The molecular weight excluding hydrogens is 228 g/mol. The summed E-state index contributed by atoms with van der Waals surface area (Å²) in [6.07, 6.45) is 1.75. The molecule has 0 aliphatic heterocycles. The van der Waals surface area contributed by atoms with Crippen molar-refractivity contribution in [3.63, 3.8) is 0 Å². The van der Waals surface area contributed by atoms with Gasteiger partial charge in [0.25, 0.3) is 5.91 Å². The Morgan fingerprint density at radius 1 is 1.33 bits per heavy atom. The number of nitrogens with zero attached hydrogens (tertiary/aromatic N) is 3. The molecule has 0 saturated heterocycles. The molecule has 0 aliphatic carbocycles. The van der Waals surface area contributed by atoms with Gasteiger partial charge in [0.05, 0.1) is 5.69 Å². The lowest BCUT2D eigenvalue weighted by Crippen LogP contribution is -2.22. The highest BCUT2D eigenvalue weighted by Crippen LogP contribution is 2.15. The van der Waals surface area contributed by atoms with Crippen LogP contribution in [0.4, 0.5) is 5.69 Å². The smallest absolute Gasteiger partial charge is 0.273 e. The van der Waals surface area contributed by atoms with Crippen LogP contribution in [-0.4, -0.2) is 34.7 Å². The number of amides is 1. The van der Waals surface area contributed by atoms with Gasteiger partial charge in [0.2, 0.25) is 0 Å². The van der Waals surface area contributed by atoms with Gasteiger partial charge in [-0.15, -0.1) is 0 Å². The summed E-state index contributed by atoms with van der Waals surface area (Å²) < 4.78 is 1.65. The van der Waals surface area contributed by atoms with Crippen molar-refractivity contribution >= 4 is 11.6 Å². The molecule has 0 radical (unpaired) electrons. The summed E-state index contributed by atoms with van der Waals surface area (Å²) in [5, 5.41) is 4.25.